The number of fused-ring (bicyclic) bond motifs is 1. The molecule has 2 aliphatic rings. The molecule has 0 bridgehead atoms. The molecule has 0 spiro atoms. The maximum absolute atomic E-state index is 13.2. The van der Waals surface area contributed by atoms with Crippen LogP contribution in [0.4, 0.5) is 16.2 Å². The Balaban J connectivity index is 1.51. The van der Waals surface area contributed by atoms with Gasteiger partial charge in [-0.15, -0.1) is 0 Å². The van der Waals surface area contributed by atoms with Crippen LogP contribution in [0.15, 0.2) is 54.6 Å². The zero-order valence-electron chi connectivity index (χ0n) is 17.5. The van der Waals surface area contributed by atoms with Crippen LogP contribution in [0.2, 0.25) is 0 Å². The van der Waals surface area contributed by atoms with Gasteiger partial charge in [-0.25, -0.2) is 4.79 Å². The minimum atomic E-state index is -0.728. The van der Waals surface area contributed by atoms with Gasteiger partial charge < -0.3 is 16.0 Å². The van der Waals surface area contributed by atoms with Gasteiger partial charge in [0, 0.05) is 12.5 Å². The topological polar surface area (TPSA) is 90.5 Å². The normalized spacial score (nSPS) is 17.3. The first-order valence-corrected chi connectivity index (χ1v) is 10.9. The summed E-state index contributed by atoms with van der Waals surface area (Å²) in [5.74, 6) is -0.445. The van der Waals surface area contributed by atoms with Gasteiger partial charge >= 0.3 is 6.03 Å². The smallest absolute Gasteiger partial charge is 0.323 e. The van der Waals surface area contributed by atoms with Crippen molar-refractivity contribution < 1.29 is 14.4 Å². The summed E-state index contributed by atoms with van der Waals surface area (Å²) in [5.41, 5.74) is 2.16. The van der Waals surface area contributed by atoms with Crippen molar-refractivity contribution in [2.45, 2.75) is 50.6 Å². The molecule has 162 valence electrons. The summed E-state index contributed by atoms with van der Waals surface area (Å²) in [5, 5.41) is 8.78. The Morgan fingerprint density at radius 2 is 1.71 bits per heavy atom. The highest BCUT2D eigenvalue weighted by Crippen LogP contribution is 2.29. The lowest BCUT2D eigenvalue weighted by Crippen LogP contribution is -2.55. The molecule has 7 nitrogen and oxygen atoms in total. The van der Waals surface area contributed by atoms with Gasteiger partial charge in [-0.05, 0) is 30.5 Å². The van der Waals surface area contributed by atoms with E-state index in [1.165, 1.54) is 11.3 Å². The molecule has 1 unspecified atom stereocenters. The zero-order valence-corrected chi connectivity index (χ0v) is 17.5. The molecule has 1 atom stereocenters. The molecule has 3 N–H and O–H groups in total. The van der Waals surface area contributed by atoms with Gasteiger partial charge in [0.05, 0.1) is 11.4 Å². The number of amides is 4. The number of nitrogens with zero attached hydrogens (tertiary/aromatic N) is 1. The van der Waals surface area contributed by atoms with Gasteiger partial charge in [0.25, 0.3) is 0 Å². The van der Waals surface area contributed by atoms with E-state index in [4.69, 9.17) is 0 Å². The molecular formula is C24H28N4O3. The first kappa shape index (κ1) is 20.9. The third-order valence-electron chi connectivity index (χ3n) is 5.86. The summed E-state index contributed by atoms with van der Waals surface area (Å²) in [4.78, 5) is 39.8. The first-order chi connectivity index (χ1) is 15.1. The fraction of sp³-hybridized carbons (Fsp3) is 0.375. The van der Waals surface area contributed by atoms with Crippen LogP contribution in [0, 0.1) is 0 Å². The van der Waals surface area contributed by atoms with E-state index >= 15 is 0 Å². The number of carbonyl (C=O) groups excluding carboxylic acids is 3. The molecule has 1 aliphatic heterocycles. The van der Waals surface area contributed by atoms with Crippen molar-refractivity contribution in [2.24, 2.45) is 0 Å². The highest BCUT2D eigenvalue weighted by molar-refractivity contribution is 6.10. The molecule has 1 heterocycles. The number of carbonyl (C=O) groups is 3. The third-order valence-corrected chi connectivity index (χ3v) is 5.86. The van der Waals surface area contributed by atoms with Crippen molar-refractivity contribution in [1.29, 1.82) is 0 Å². The van der Waals surface area contributed by atoms with E-state index in [1.807, 2.05) is 36.4 Å². The molecule has 2 aromatic carbocycles. The number of rotatable bonds is 5. The van der Waals surface area contributed by atoms with Gasteiger partial charge in [0.15, 0.2) is 0 Å². The first-order valence-electron chi connectivity index (χ1n) is 10.9. The monoisotopic (exact) mass is 420 g/mol. The molecule has 0 aromatic heterocycles. The number of nitrogens with one attached hydrogen (secondary N) is 3. The van der Waals surface area contributed by atoms with E-state index in [0.717, 1.165) is 31.2 Å². The van der Waals surface area contributed by atoms with Gasteiger partial charge in [-0.1, -0.05) is 61.7 Å². The summed E-state index contributed by atoms with van der Waals surface area (Å²) in [6, 6.07) is 15.7. The fourth-order valence-corrected chi connectivity index (χ4v) is 4.25. The number of hydrogen-bond acceptors (Lipinski definition) is 3. The Morgan fingerprint density at radius 1 is 1.00 bits per heavy atom. The maximum Gasteiger partial charge on any atom is 0.323 e. The van der Waals surface area contributed by atoms with Crippen molar-refractivity contribution >= 4 is 29.2 Å². The third kappa shape index (κ3) is 5.23. The Morgan fingerprint density at radius 3 is 2.48 bits per heavy atom. The Bertz CT molecular complexity index is 941. The van der Waals surface area contributed by atoms with Crippen molar-refractivity contribution in [2.75, 3.05) is 16.8 Å². The van der Waals surface area contributed by atoms with Crippen molar-refractivity contribution in [3.63, 3.8) is 0 Å². The summed E-state index contributed by atoms with van der Waals surface area (Å²) in [6.45, 7) is -0.0921. The molecule has 4 amide bonds. The average Bonchev–Trinajstić information content (AvgIpc) is 2.79. The molecule has 1 aliphatic carbocycles. The van der Waals surface area contributed by atoms with Crippen LogP contribution in [-0.2, 0) is 16.0 Å². The second kappa shape index (κ2) is 9.64. The molecule has 0 saturated heterocycles. The number of benzene rings is 2. The lowest BCUT2D eigenvalue weighted by atomic mass is 9.95. The van der Waals surface area contributed by atoms with E-state index in [9.17, 15) is 14.4 Å². The highest BCUT2D eigenvalue weighted by Gasteiger charge is 2.30. The van der Waals surface area contributed by atoms with Crippen LogP contribution in [0.3, 0.4) is 0 Å². The van der Waals surface area contributed by atoms with Crippen LogP contribution >= 0.6 is 0 Å². The number of urea groups is 1. The molecule has 4 rings (SSSR count). The zero-order chi connectivity index (χ0) is 21.6. The van der Waals surface area contributed by atoms with Crippen LogP contribution < -0.4 is 20.9 Å². The van der Waals surface area contributed by atoms with Gasteiger partial charge in [-0.3, -0.25) is 14.5 Å². The molecule has 0 radical (unpaired) electrons. The van der Waals surface area contributed by atoms with Crippen molar-refractivity contribution in [3.05, 3.63) is 60.2 Å². The van der Waals surface area contributed by atoms with Gasteiger partial charge in [0.2, 0.25) is 11.8 Å². The summed E-state index contributed by atoms with van der Waals surface area (Å²) in [6.07, 6.45) is 5.75. The molecule has 7 heteroatoms. The predicted molar refractivity (Wildman–Crippen MR) is 120 cm³/mol. The van der Waals surface area contributed by atoms with E-state index < -0.39 is 12.1 Å². The molecular weight excluding hydrogens is 392 g/mol. The van der Waals surface area contributed by atoms with Crippen LogP contribution in [0.25, 0.3) is 0 Å². The fourth-order valence-electron chi connectivity index (χ4n) is 4.25. The van der Waals surface area contributed by atoms with Gasteiger partial charge in [-0.2, -0.15) is 0 Å². The molecule has 1 fully saturated rings. The van der Waals surface area contributed by atoms with E-state index in [0.29, 0.717) is 17.8 Å². The van der Waals surface area contributed by atoms with Gasteiger partial charge in [0.1, 0.15) is 12.6 Å². The van der Waals surface area contributed by atoms with E-state index in [1.54, 1.807) is 18.2 Å². The van der Waals surface area contributed by atoms with Crippen molar-refractivity contribution in [3.8, 4) is 0 Å². The molecule has 1 saturated carbocycles. The van der Waals surface area contributed by atoms with E-state index in [2.05, 4.69) is 16.0 Å². The number of hydrogen-bond donors (Lipinski definition) is 3. The standard InChI is InChI=1S/C24H28N4O3/c29-22-16-28(21-14-8-7-13-19(21)26-22)24(31)27-20(15-17-9-3-1-4-10-17)23(30)25-18-11-5-2-6-12-18/h1,3-4,7-10,13-14,18,20H,2,5-6,11-12,15-16H2,(H,25,30)(H,26,29)(H,27,31). The molecule has 31 heavy (non-hydrogen) atoms. The van der Waals surface area contributed by atoms with Crippen LogP contribution in [0.1, 0.15) is 37.7 Å². The summed E-state index contributed by atoms with van der Waals surface area (Å²) < 4.78 is 0. The average molecular weight is 421 g/mol. The van der Waals surface area contributed by atoms with Crippen LogP contribution in [0.5, 0.6) is 0 Å². The highest BCUT2D eigenvalue weighted by atomic mass is 16.2. The summed E-state index contributed by atoms with van der Waals surface area (Å²) >= 11 is 0. The lowest BCUT2D eigenvalue weighted by Gasteiger charge is -2.31. The van der Waals surface area contributed by atoms with E-state index in [-0.39, 0.29) is 24.4 Å². The molecule has 2 aromatic rings. The Labute approximate surface area is 182 Å². The SMILES string of the molecule is O=C1CN(C(=O)NC(Cc2ccccc2)C(=O)NC2CCCCC2)c2ccccc2N1. The van der Waals surface area contributed by atoms with Crippen LogP contribution in [-0.4, -0.2) is 36.5 Å². The summed E-state index contributed by atoms with van der Waals surface area (Å²) in [7, 11) is 0. The largest absolute Gasteiger partial charge is 0.352 e. The predicted octanol–water partition coefficient (Wildman–Crippen LogP) is 3.21. The minimum Gasteiger partial charge on any atom is -0.352 e. The Hall–Kier alpha value is -3.35. The quantitative estimate of drug-likeness (QED) is 0.694. The second-order valence-electron chi connectivity index (χ2n) is 8.19. The Kier molecular flexibility index (Phi) is 6.50. The van der Waals surface area contributed by atoms with Crippen molar-refractivity contribution in [1.82, 2.24) is 10.6 Å². The number of anilines is 2. The second-order valence-corrected chi connectivity index (χ2v) is 8.19. The maximum atomic E-state index is 13.2. The minimum absolute atomic E-state index is 0.0921. The number of para-hydroxylation sites is 2. The lowest BCUT2D eigenvalue weighted by molar-refractivity contribution is -0.123.